The third kappa shape index (κ3) is 3.04. The first-order valence-corrected chi connectivity index (χ1v) is 5.87. The lowest BCUT2D eigenvalue weighted by molar-refractivity contribution is 0.299. The van der Waals surface area contributed by atoms with Crippen molar-refractivity contribution in [1.82, 2.24) is 0 Å². The second-order valence-corrected chi connectivity index (χ2v) is 4.53. The second-order valence-electron chi connectivity index (χ2n) is 3.62. The smallest absolute Gasteiger partial charge is 0.194 e. The highest BCUT2D eigenvalue weighted by atomic mass is 79.9. The van der Waals surface area contributed by atoms with Crippen LogP contribution in [0.25, 0.3) is 0 Å². The fraction of sp³-hybridized carbons (Fsp3) is 0.0769. The molecule has 0 spiro atoms. The molecule has 0 unspecified atom stereocenters. The number of hydrogen-bond acceptors (Lipinski definition) is 1. The van der Waals surface area contributed by atoms with Crippen molar-refractivity contribution < 1.29 is 17.9 Å². The van der Waals surface area contributed by atoms with Crippen LogP contribution in [-0.4, -0.2) is 0 Å². The molecule has 0 fully saturated rings. The van der Waals surface area contributed by atoms with E-state index in [9.17, 15) is 13.2 Å². The SMILES string of the molecule is Fc1cc(OCc2ccc(Br)cc2)cc(F)c1F. The summed E-state index contributed by atoms with van der Waals surface area (Å²) in [7, 11) is 0. The predicted octanol–water partition coefficient (Wildman–Crippen LogP) is 4.45. The van der Waals surface area contributed by atoms with Crippen LogP contribution in [0.4, 0.5) is 13.2 Å². The lowest BCUT2D eigenvalue weighted by Crippen LogP contribution is -1.98. The van der Waals surface area contributed by atoms with Gasteiger partial charge in [0, 0.05) is 16.6 Å². The monoisotopic (exact) mass is 316 g/mol. The Balaban J connectivity index is 2.08. The molecule has 0 amide bonds. The first kappa shape index (κ1) is 13.0. The van der Waals surface area contributed by atoms with E-state index in [0.717, 1.165) is 22.2 Å². The van der Waals surface area contributed by atoms with Gasteiger partial charge in [-0.1, -0.05) is 28.1 Å². The van der Waals surface area contributed by atoms with Gasteiger partial charge in [-0.2, -0.15) is 0 Å². The number of ether oxygens (including phenoxy) is 1. The van der Waals surface area contributed by atoms with Crippen molar-refractivity contribution in [3.63, 3.8) is 0 Å². The summed E-state index contributed by atoms with van der Waals surface area (Å²) in [5.74, 6) is -4.07. The van der Waals surface area contributed by atoms with Crippen molar-refractivity contribution in [2.45, 2.75) is 6.61 Å². The van der Waals surface area contributed by atoms with Crippen LogP contribution in [-0.2, 0) is 6.61 Å². The van der Waals surface area contributed by atoms with E-state index in [0.29, 0.717) is 0 Å². The Morgan fingerprint density at radius 3 is 2.06 bits per heavy atom. The fourth-order valence-corrected chi connectivity index (χ4v) is 1.63. The van der Waals surface area contributed by atoms with E-state index in [1.54, 1.807) is 12.1 Å². The summed E-state index contributed by atoms with van der Waals surface area (Å²) < 4.78 is 44.7. The van der Waals surface area contributed by atoms with Gasteiger partial charge in [-0.05, 0) is 17.7 Å². The van der Waals surface area contributed by atoms with Crippen molar-refractivity contribution >= 4 is 15.9 Å². The molecule has 94 valence electrons. The van der Waals surface area contributed by atoms with Crippen LogP contribution >= 0.6 is 15.9 Å². The highest BCUT2D eigenvalue weighted by Gasteiger charge is 2.11. The molecule has 0 heterocycles. The summed E-state index contributed by atoms with van der Waals surface area (Å²) in [5.41, 5.74) is 0.836. The zero-order valence-corrected chi connectivity index (χ0v) is 10.7. The maximum absolute atomic E-state index is 12.9. The van der Waals surface area contributed by atoms with E-state index in [1.807, 2.05) is 12.1 Å². The fourth-order valence-electron chi connectivity index (χ4n) is 1.36. The van der Waals surface area contributed by atoms with Gasteiger partial charge >= 0.3 is 0 Å². The minimum absolute atomic E-state index is 0.0469. The van der Waals surface area contributed by atoms with Gasteiger partial charge in [-0.25, -0.2) is 13.2 Å². The Morgan fingerprint density at radius 1 is 0.944 bits per heavy atom. The molecule has 0 atom stereocenters. The number of hydrogen-bond donors (Lipinski definition) is 0. The molecule has 2 aromatic carbocycles. The van der Waals surface area contributed by atoms with Crippen molar-refractivity contribution in [1.29, 1.82) is 0 Å². The Morgan fingerprint density at radius 2 is 1.50 bits per heavy atom. The number of halogens is 4. The summed E-state index contributed by atoms with van der Waals surface area (Å²) in [6, 6.07) is 8.89. The van der Waals surface area contributed by atoms with Crippen LogP contribution < -0.4 is 4.74 Å². The highest BCUT2D eigenvalue weighted by Crippen LogP contribution is 2.20. The largest absolute Gasteiger partial charge is 0.489 e. The van der Waals surface area contributed by atoms with Crippen LogP contribution in [0.1, 0.15) is 5.56 Å². The molecule has 2 aromatic rings. The summed E-state index contributed by atoms with van der Waals surface area (Å²) in [6.07, 6.45) is 0. The lowest BCUT2D eigenvalue weighted by Gasteiger charge is -2.07. The zero-order valence-electron chi connectivity index (χ0n) is 9.09. The molecule has 0 aromatic heterocycles. The normalized spacial score (nSPS) is 10.4. The van der Waals surface area contributed by atoms with Crippen LogP contribution in [0.15, 0.2) is 40.9 Å². The average Bonchev–Trinajstić information content (AvgIpc) is 2.35. The van der Waals surface area contributed by atoms with Gasteiger partial charge in [-0.15, -0.1) is 0 Å². The van der Waals surface area contributed by atoms with E-state index in [1.165, 1.54) is 0 Å². The van der Waals surface area contributed by atoms with Gasteiger partial charge in [0.1, 0.15) is 12.4 Å². The lowest BCUT2D eigenvalue weighted by atomic mass is 10.2. The molecule has 0 aliphatic rings. The molecule has 18 heavy (non-hydrogen) atoms. The highest BCUT2D eigenvalue weighted by molar-refractivity contribution is 9.10. The molecule has 0 aliphatic heterocycles. The predicted molar refractivity (Wildman–Crippen MR) is 64.8 cm³/mol. The van der Waals surface area contributed by atoms with Crippen molar-refractivity contribution in [3.8, 4) is 5.75 Å². The van der Waals surface area contributed by atoms with E-state index < -0.39 is 17.5 Å². The molecule has 0 aliphatic carbocycles. The van der Waals surface area contributed by atoms with Gasteiger partial charge in [0.05, 0.1) is 0 Å². The Bertz CT molecular complexity index is 532. The molecule has 1 nitrogen and oxygen atoms in total. The van der Waals surface area contributed by atoms with Gasteiger partial charge in [0.25, 0.3) is 0 Å². The molecule has 0 saturated heterocycles. The maximum atomic E-state index is 12.9. The molecule has 0 radical (unpaired) electrons. The molecule has 0 saturated carbocycles. The third-order valence-electron chi connectivity index (χ3n) is 2.28. The zero-order chi connectivity index (χ0) is 13.1. The van der Waals surface area contributed by atoms with E-state index in [4.69, 9.17) is 4.74 Å². The van der Waals surface area contributed by atoms with Gasteiger partial charge in [-0.3, -0.25) is 0 Å². The maximum Gasteiger partial charge on any atom is 0.194 e. The minimum atomic E-state index is -1.49. The van der Waals surface area contributed by atoms with E-state index in [-0.39, 0.29) is 12.4 Å². The molecule has 2 rings (SSSR count). The van der Waals surface area contributed by atoms with Crippen molar-refractivity contribution in [2.75, 3.05) is 0 Å². The Labute approximate surface area is 110 Å². The Hall–Kier alpha value is -1.49. The van der Waals surface area contributed by atoms with Crippen LogP contribution in [0.3, 0.4) is 0 Å². The van der Waals surface area contributed by atoms with Crippen LogP contribution in [0, 0.1) is 17.5 Å². The number of benzene rings is 2. The average molecular weight is 317 g/mol. The molecule has 5 heteroatoms. The van der Waals surface area contributed by atoms with E-state index in [2.05, 4.69) is 15.9 Å². The van der Waals surface area contributed by atoms with E-state index >= 15 is 0 Å². The molecular formula is C13H8BrF3O. The molecular weight excluding hydrogens is 309 g/mol. The number of rotatable bonds is 3. The van der Waals surface area contributed by atoms with Crippen LogP contribution in [0.5, 0.6) is 5.75 Å². The minimum Gasteiger partial charge on any atom is -0.489 e. The van der Waals surface area contributed by atoms with Gasteiger partial charge in [0.2, 0.25) is 0 Å². The topological polar surface area (TPSA) is 9.23 Å². The van der Waals surface area contributed by atoms with Gasteiger partial charge < -0.3 is 4.74 Å². The quantitative estimate of drug-likeness (QED) is 0.760. The van der Waals surface area contributed by atoms with Gasteiger partial charge in [0.15, 0.2) is 17.5 Å². The summed E-state index contributed by atoms with van der Waals surface area (Å²) in [5, 5.41) is 0. The van der Waals surface area contributed by atoms with Crippen molar-refractivity contribution in [3.05, 3.63) is 63.9 Å². The van der Waals surface area contributed by atoms with Crippen molar-refractivity contribution in [2.24, 2.45) is 0 Å². The standard InChI is InChI=1S/C13H8BrF3O/c14-9-3-1-8(2-4-9)7-18-10-5-11(15)13(17)12(16)6-10/h1-6H,7H2. The summed E-state index contributed by atoms with van der Waals surface area (Å²) >= 11 is 3.29. The first-order chi connectivity index (χ1) is 8.56. The molecule has 0 bridgehead atoms. The summed E-state index contributed by atoms with van der Waals surface area (Å²) in [4.78, 5) is 0. The third-order valence-corrected chi connectivity index (χ3v) is 2.80. The summed E-state index contributed by atoms with van der Waals surface area (Å²) in [6.45, 7) is 0.151. The first-order valence-electron chi connectivity index (χ1n) is 5.08. The Kier molecular flexibility index (Phi) is 3.91. The van der Waals surface area contributed by atoms with Crippen LogP contribution in [0.2, 0.25) is 0 Å². The molecule has 0 N–H and O–H groups in total. The second kappa shape index (κ2) is 5.44.